The number of hydrogen-bond acceptors (Lipinski definition) is 3. The van der Waals surface area contributed by atoms with Gasteiger partial charge in [-0.05, 0) is 13.5 Å². The van der Waals surface area contributed by atoms with Gasteiger partial charge in [0.25, 0.3) is 0 Å². The van der Waals surface area contributed by atoms with Crippen LogP contribution in [-0.2, 0) is 9.47 Å². The molecule has 1 heterocycles. The lowest BCUT2D eigenvalue weighted by Gasteiger charge is -2.28. The van der Waals surface area contributed by atoms with Crippen molar-refractivity contribution in [1.29, 1.82) is 0 Å². The highest BCUT2D eigenvalue weighted by molar-refractivity contribution is 4.75. The molecule has 0 radical (unpaired) electrons. The van der Waals surface area contributed by atoms with Gasteiger partial charge < -0.3 is 15.2 Å². The monoisotopic (exact) mass is 145 g/mol. The van der Waals surface area contributed by atoms with Crippen molar-refractivity contribution in [2.45, 2.75) is 19.6 Å². The molecule has 1 atom stereocenters. The summed E-state index contributed by atoms with van der Waals surface area (Å²) in [5.74, 6) is -0.149. The lowest BCUT2D eigenvalue weighted by atomic mass is 10.0. The molecule has 0 aromatic carbocycles. The second-order valence-corrected chi connectivity index (χ2v) is 2.85. The van der Waals surface area contributed by atoms with E-state index >= 15 is 0 Å². The second-order valence-electron chi connectivity index (χ2n) is 2.85. The number of hydrogen-bond donors (Lipinski definition) is 1. The maximum absolute atomic E-state index is 5.48. The fourth-order valence-electron chi connectivity index (χ4n) is 1.03. The smallest absolute Gasteiger partial charge is 0.169 e. The molecule has 3 nitrogen and oxygen atoms in total. The molecule has 60 valence electrons. The molecule has 1 fully saturated rings. The van der Waals surface area contributed by atoms with Crippen LogP contribution < -0.4 is 5.73 Å². The molecule has 2 N–H and O–H groups in total. The van der Waals surface area contributed by atoms with Crippen LogP contribution in [0.5, 0.6) is 0 Å². The first-order valence-electron chi connectivity index (χ1n) is 3.67. The van der Waals surface area contributed by atoms with E-state index in [9.17, 15) is 0 Å². The minimum Gasteiger partial charge on any atom is -0.347 e. The van der Waals surface area contributed by atoms with E-state index in [0.717, 1.165) is 0 Å². The molecule has 0 aromatic heterocycles. The summed E-state index contributed by atoms with van der Waals surface area (Å²) in [5.41, 5.74) is 5.48. The summed E-state index contributed by atoms with van der Waals surface area (Å²) >= 11 is 0. The molecule has 3 heteroatoms. The molecule has 1 aliphatic rings. The van der Waals surface area contributed by atoms with Gasteiger partial charge in [0.1, 0.15) is 0 Å². The maximum atomic E-state index is 5.48. The zero-order chi connectivity index (χ0) is 7.61. The van der Waals surface area contributed by atoms with Gasteiger partial charge in [-0.15, -0.1) is 0 Å². The van der Waals surface area contributed by atoms with Crippen molar-refractivity contribution in [3.05, 3.63) is 0 Å². The van der Waals surface area contributed by atoms with E-state index in [1.54, 1.807) is 0 Å². The number of ether oxygens (including phenoxy) is 2. The predicted molar refractivity (Wildman–Crippen MR) is 38.5 cm³/mol. The molecule has 10 heavy (non-hydrogen) atoms. The third-order valence-corrected chi connectivity index (χ3v) is 2.11. The van der Waals surface area contributed by atoms with E-state index in [-0.39, 0.29) is 5.92 Å². The molecular weight excluding hydrogens is 130 g/mol. The highest BCUT2D eigenvalue weighted by Gasteiger charge is 2.35. The Labute approximate surface area is 61.5 Å². The normalized spacial score (nSPS) is 26.7. The summed E-state index contributed by atoms with van der Waals surface area (Å²) in [5, 5.41) is 0. The Morgan fingerprint density at radius 3 is 2.40 bits per heavy atom. The summed E-state index contributed by atoms with van der Waals surface area (Å²) in [4.78, 5) is 0. The van der Waals surface area contributed by atoms with Crippen LogP contribution in [-0.4, -0.2) is 25.5 Å². The topological polar surface area (TPSA) is 44.5 Å². The average molecular weight is 145 g/mol. The summed E-state index contributed by atoms with van der Waals surface area (Å²) in [6.07, 6.45) is 0. The number of rotatable bonds is 2. The summed E-state index contributed by atoms with van der Waals surface area (Å²) in [6, 6.07) is 0. The van der Waals surface area contributed by atoms with Gasteiger partial charge in [-0.3, -0.25) is 0 Å². The fraction of sp³-hybridized carbons (Fsp3) is 1.00. The van der Waals surface area contributed by atoms with E-state index in [0.29, 0.717) is 19.8 Å². The molecule has 0 bridgehead atoms. The van der Waals surface area contributed by atoms with Crippen molar-refractivity contribution in [3.8, 4) is 0 Å². The van der Waals surface area contributed by atoms with Crippen molar-refractivity contribution in [1.82, 2.24) is 0 Å². The first-order chi connectivity index (χ1) is 4.69. The minimum absolute atomic E-state index is 0.273. The zero-order valence-corrected chi connectivity index (χ0v) is 6.59. The van der Waals surface area contributed by atoms with E-state index in [1.165, 1.54) is 0 Å². The Balaban J connectivity index is 2.49. The van der Waals surface area contributed by atoms with Gasteiger partial charge in [0, 0.05) is 5.92 Å². The molecular formula is C7H15NO2. The molecule has 1 saturated heterocycles. The van der Waals surface area contributed by atoms with Gasteiger partial charge in [-0.25, -0.2) is 0 Å². The van der Waals surface area contributed by atoms with Gasteiger partial charge in [-0.1, -0.05) is 6.92 Å². The van der Waals surface area contributed by atoms with Gasteiger partial charge in [0.2, 0.25) is 0 Å². The van der Waals surface area contributed by atoms with Gasteiger partial charge in [0.05, 0.1) is 13.2 Å². The lowest BCUT2D eigenvalue weighted by molar-refractivity contribution is -0.174. The van der Waals surface area contributed by atoms with Crippen molar-refractivity contribution in [3.63, 3.8) is 0 Å². The van der Waals surface area contributed by atoms with Crippen molar-refractivity contribution < 1.29 is 9.47 Å². The van der Waals surface area contributed by atoms with Crippen LogP contribution in [0.3, 0.4) is 0 Å². The Hall–Kier alpha value is -0.120. The highest BCUT2D eigenvalue weighted by Crippen LogP contribution is 2.26. The maximum Gasteiger partial charge on any atom is 0.169 e. The van der Waals surface area contributed by atoms with Gasteiger partial charge >= 0.3 is 0 Å². The predicted octanol–water partition coefficient (Wildman–Crippen LogP) is 0.344. The SMILES string of the molecule is C[C@H](CN)C1(C)OCCO1. The molecule has 0 saturated carbocycles. The Bertz CT molecular complexity index is 110. The van der Waals surface area contributed by atoms with E-state index in [4.69, 9.17) is 15.2 Å². The summed E-state index contributed by atoms with van der Waals surface area (Å²) in [7, 11) is 0. The molecule has 0 aliphatic carbocycles. The highest BCUT2D eigenvalue weighted by atomic mass is 16.7. The van der Waals surface area contributed by atoms with E-state index in [2.05, 4.69) is 0 Å². The molecule has 0 unspecified atom stereocenters. The summed E-state index contributed by atoms with van der Waals surface area (Å²) < 4.78 is 10.8. The summed E-state index contributed by atoms with van der Waals surface area (Å²) in [6.45, 7) is 5.97. The van der Waals surface area contributed by atoms with Gasteiger partial charge in [-0.2, -0.15) is 0 Å². The van der Waals surface area contributed by atoms with E-state index < -0.39 is 5.79 Å². The third kappa shape index (κ3) is 1.31. The molecule has 1 aliphatic heterocycles. The van der Waals surface area contributed by atoms with Crippen molar-refractivity contribution in [2.75, 3.05) is 19.8 Å². The van der Waals surface area contributed by atoms with Crippen LogP contribution in [0.25, 0.3) is 0 Å². The van der Waals surface area contributed by atoms with Crippen LogP contribution >= 0.6 is 0 Å². The standard InChI is InChI=1S/C7H15NO2/c1-6(5-8)7(2)9-3-4-10-7/h6H,3-5,8H2,1-2H3/t6-/m1/s1. The van der Waals surface area contributed by atoms with Gasteiger partial charge in [0.15, 0.2) is 5.79 Å². The first kappa shape index (κ1) is 7.98. The minimum atomic E-state index is -0.422. The van der Waals surface area contributed by atoms with E-state index in [1.807, 2.05) is 13.8 Å². The lowest BCUT2D eigenvalue weighted by Crippen LogP contribution is -2.38. The first-order valence-corrected chi connectivity index (χ1v) is 3.67. The Morgan fingerprint density at radius 1 is 1.50 bits per heavy atom. The molecule has 0 aromatic rings. The quantitative estimate of drug-likeness (QED) is 0.609. The largest absolute Gasteiger partial charge is 0.347 e. The van der Waals surface area contributed by atoms with Crippen LogP contribution in [0.15, 0.2) is 0 Å². The fourth-order valence-corrected chi connectivity index (χ4v) is 1.03. The molecule has 0 amide bonds. The second kappa shape index (κ2) is 2.86. The molecule has 0 spiro atoms. The van der Waals surface area contributed by atoms with Crippen LogP contribution in [0.2, 0.25) is 0 Å². The Kier molecular flexibility index (Phi) is 2.28. The van der Waals surface area contributed by atoms with Crippen molar-refractivity contribution in [2.24, 2.45) is 11.7 Å². The molecule has 1 rings (SSSR count). The van der Waals surface area contributed by atoms with Crippen LogP contribution in [0.4, 0.5) is 0 Å². The third-order valence-electron chi connectivity index (χ3n) is 2.11. The van der Waals surface area contributed by atoms with Crippen LogP contribution in [0.1, 0.15) is 13.8 Å². The Morgan fingerprint density at radius 2 is 2.00 bits per heavy atom. The zero-order valence-electron chi connectivity index (χ0n) is 6.59. The number of nitrogens with two attached hydrogens (primary N) is 1. The van der Waals surface area contributed by atoms with Crippen molar-refractivity contribution >= 4 is 0 Å². The average Bonchev–Trinajstić information content (AvgIpc) is 2.36. The van der Waals surface area contributed by atoms with Crippen LogP contribution in [0, 0.1) is 5.92 Å².